The first-order chi connectivity index (χ1) is 16.7. The van der Waals surface area contributed by atoms with Crippen LogP contribution in [0.1, 0.15) is 48.4 Å². The molecule has 3 aromatic rings. The van der Waals surface area contributed by atoms with Crippen LogP contribution in [0.3, 0.4) is 0 Å². The topological polar surface area (TPSA) is 63.3 Å². The number of hydrogen-bond acceptors (Lipinski definition) is 2. The molecule has 1 unspecified atom stereocenters. The molecule has 0 fully saturated rings. The number of carbonyl (C=O) groups is 1. The molecule has 1 atom stereocenters. The Labute approximate surface area is 204 Å². The highest BCUT2D eigenvalue weighted by Gasteiger charge is 2.37. The van der Waals surface area contributed by atoms with Crippen molar-refractivity contribution in [3.05, 3.63) is 82.9 Å². The van der Waals surface area contributed by atoms with Crippen LogP contribution in [0.25, 0.3) is 22.3 Å². The Bertz CT molecular complexity index is 1200. The minimum atomic E-state index is -5.00. The zero-order valence-electron chi connectivity index (χ0n) is 19.5. The zero-order valence-corrected chi connectivity index (χ0v) is 19.5. The van der Waals surface area contributed by atoms with Gasteiger partial charge in [-0.05, 0) is 70.0 Å². The molecule has 36 heavy (non-hydrogen) atoms. The second-order valence-corrected chi connectivity index (χ2v) is 9.06. The second kappa shape index (κ2) is 10.3. The van der Waals surface area contributed by atoms with Crippen molar-refractivity contribution in [3.8, 4) is 22.3 Å². The molecular formula is C27H25F6NO2. The van der Waals surface area contributed by atoms with Crippen molar-refractivity contribution in [2.75, 3.05) is 0 Å². The van der Waals surface area contributed by atoms with Gasteiger partial charge in [-0.2, -0.15) is 26.3 Å². The Morgan fingerprint density at radius 2 is 1.25 bits per heavy atom. The standard InChI is InChI=1S/C27H25F6NO2/c1-15(2)7-24(25(35)36)21-9-18(17-5-3-16(14-34)4-6-17)8-19(10-21)20-11-22(26(28,29)30)13-23(12-20)27(31,32)33/h3-6,8-13,15,24H,7,14,34H2,1-2H3,(H,35,36). The van der Waals surface area contributed by atoms with Crippen LogP contribution in [-0.4, -0.2) is 11.1 Å². The van der Waals surface area contributed by atoms with Gasteiger partial charge in [0.15, 0.2) is 0 Å². The lowest BCUT2D eigenvalue weighted by atomic mass is 9.86. The molecule has 3 rings (SSSR count). The molecule has 3 aromatic carbocycles. The van der Waals surface area contributed by atoms with Crippen molar-refractivity contribution < 1.29 is 36.2 Å². The molecule has 0 aromatic heterocycles. The molecule has 0 saturated heterocycles. The number of aliphatic carboxylic acids is 1. The third kappa shape index (κ3) is 6.46. The van der Waals surface area contributed by atoms with E-state index in [2.05, 4.69) is 0 Å². The number of hydrogen-bond donors (Lipinski definition) is 2. The summed E-state index contributed by atoms with van der Waals surface area (Å²) in [4.78, 5) is 12.1. The Balaban J connectivity index is 2.30. The molecule has 9 heteroatoms. The van der Waals surface area contributed by atoms with Crippen molar-refractivity contribution in [1.82, 2.24) is 0 Å². The van der Waals surface area contributed by atoms with Gasteiger partial charge < -0.3 is 10.8 Å². The average Bonchev–Trinajstić information content (AvgIpc) is 2.80. The van der Waals surface area contributed by atoms with E-state index in [1.165, 1.54) is 12.1 Å². The van der Waals surface area contributed by atoms with Gasteiger partial charge in [-0.25, -0.2) is 0 Å². The van der Waals surface area contributed by atoms with Crippen molar-refractivity contribution in [3.63, 3.8) is 0 Å². The molecule has 0 aliphatic rings. The van der Waals surface area contributed by atoms with Gasteiger partial charge in [-0.3, -0.25) is 4.79 Å². The normalized spacial score (nSPS) is 13.2. The van der Waals surface area contributed by atoms with Crippen LogP contribution in [-0.2, 0) is 23.7 Å². The van der Waals surface area contributed by atoms with Gasteiger partial charge in [0.2, 0.25) is 0 Å². The van der Waals surface area contributed by atoms with Gasteiger partial charge in [0.25, 0.3) is 0 Å². The summed E-state index contributed by atoms with van der Waals surface area (Å²) in [5, 5.41) is 9.86. The van der Waals surface area contributed by atoms with Gasteiger partial charge in [-0.1, -0.05) is 50.2 Å². The molecule has 0 heterocycles. The van der Waals surface area contributed by atoms with Crippen LogP contribution in [0.5, 0.6) is 0 Å². The molecule has 0 spiro atoms. The molecule has 0 bridgehead atoms. The van der Waals surface area contributed by atoms with Crippen LogP contribution in [0, 0.1) is 5.92 Å². The van der Waals surface area contributed by atoms with Crippen LogP contribution >= 0.6 is 0 Å². The van der Waals surface area contributed by atoms with Gasteiger partial charge in [-0.15, -0.1) is 0 Å². The van der Waals surface area contributed by atoms with Crippen LogP contribution < -0.4 is 5.73 Å². The van der Waals surface area contributed by atoms with Gasteiger partial charge in [0.05, 0.1) is 17.0 Å². The monoisotopic (exact) mass is 509 g/mol. The summed E-state index contributed by atoms with van der Waals surface area (Å²) in [7, 11) is 0. The summed E-state index contributed by atoms with van der Waals surface area (Å²) in [6.07, 6.45) is -9.77. The lowest BCUT2D eigenvalue weighted by Gasteiger charge is -2.19. The fraction of sp³-hybridized carbons (Fsp3) is 0.296. The summed E-state index contributed by atoms with van der Waals surface area (Å²) < 4.78 is 80.8. The van der Waals surface area contributed by atoms with Crippen molar-refractivity contribution in [2.45, 2.75) is 45.1 Å². The molecule has 0 amide bonds. The first-order valence-electron chi connectivity index (χ1n) is 11.2. The first-order valence-corrected chi connectivity index (χ1v) is 11.2. The Hall–Kier alpha value is -3.33. The van der Waals surface area contributed by atoms with Crippen molar-refractivity contribution in [1.29, 1.82) is 0 Å². The summed E-state index contributed by atoms with van der Waals surface area (Å²) in [6.45, 7) is 3.94. The smallest absolute Gasteiger partial charge is 0.416 e. The molecule has 0 radical (unpaired) electrons. The van der Waals surface area contributed by atoms with Crippen molar-refractivity contribution >= 4 is 5.97 Å². The second-order valence-electron chi connectivity index (χ2n) is 9.06. The fourth-order valence-electron chi connectivity index (χ4n) is 3.99. The summed E-state index contributed by atoms with van der Waals surface area (Å²) in [6, 6.07) is 12.7. The quantitative estimate of drug-likeness (QED) is 0.321. The third-order valence-electron chi connectivity index (χ3n) is 5.81. The lowest BCUT2D eigenvalue weighted by molar-refractivity contribution is -0.143. The Kier molecular flexibility index (Phi) is 7.83. The van der Waals surface area contributed by atoms with E-state index in [1.54, 1.807) is 30.3 Å². The number of nitrogens with two attached hydrogens (primary N) is 1. The van der Waals surface area contributed by atoms with E-state index < -0.39 is 35.4 Å². The van der Waals surface area contributed by atoms with E-state index in [4.69, 9.17) is 5.73 Å². The molecule has 192 valence electrons. The highest BCUT2D eigenvalue weighted by Crippen LogP contribution is 2.40. The van der Waals surface area contributed by atoms with E-state index in [9.17, 15) is 36.2 Å². The predicted molar refractivity (Wildman–Crippen MR) is 125 cm³/mol. The number of alkyl halides is 6. The van der Waals surface area contributed by atoms with Crippen LogP contribution in [0.15, 0.2) is 60.7 Å². The maximum Gasteiger partial charge on any atom is 0.416 e. The maximum absolute atomic E-state index is 13.5. The molecule has 3 N–H and O–H groups in total. The molecule has 0 saturated carbocycles. The maximum atomic E-state index is 13.5. The predicted octanol–water partition coefficient (Wildman–Crippen LogP) is 7.73. The van der Waals surface area contributed by atoms with E-state index in [0.29, 0.717) is 23.3 Å². The van der Waals surface area contributed by atoms with Gasteiger partial charge in [0.1, 0.15) is 0 Å². The van der Waals surface area contributed by atoms with Crippen molar-refractivity contribution in [2.24, 2.45) is 11.7 Å². The summed E-state index contributed by atoms with van der Waals surface area (Å²) in [5.41, 5.74) is 4.69. The largest absolute Gasteiger partial charge is 0.481 e. The SMILES string of the molecule is CC(C)CC(C(=O)O)c1cc(-c2ccc(CN)cc2)cc(-c2cc(C(F)(F)F)cc(C(F)(F)F)c2)c1. The lowest BCUT2D eigenvalue weighted by Crippen LogP contribution is -2.14. The van der Waals surface area contributed by atoms with E-state index in [-0.39, 0.29) is 41.6 Å². The fourth-order valence-corrected chi connectivity index (χ4v) is 3.99. The van der Waals surface area contributed by atoms with E-state index in [1.807, 2.05) is 13.8 Å². The summed E-state index contributed by atoms with van der Waals surface area (Å²) >= 11 is 0. The third-order valence-corrected chi connectivity index (χ3v) is 5.81. The minimum absolute atomic E-state index is 0.0209. The number of carboxylic acid groups (broad SMARTS) is 1. The number of carboxylic acids is 1. The minimum Gasteiger partial charge on any atom is -0.481 e. The number of halogens is 6. The van der Waals surface area contributed by atoms with Crippen LogP contribution in [0.2, 0.25) is 0 Å². The zero-order chi connectivity index (χ0) is 26.8. The first kappa shape index (κ1) is 27.3. The highest BCUT2D eigenvalue weighted by molar-refractivity contribution is 5.81. The average molecular weight is 509 g/mol. The van der Waals surface area contributed by atoms with E-state index in [0.717, 1.165) is 5.56 Å². The Morgan fingerprint density at radius 1 is 0.778 bits per heavy atom. The van der Waals surface area contributed by atoms with Gasteiger partial charge >= 0.3 is 18.3 Å². The highest BCUT2D eigenvalue weighted by atomic mass is 19.4. The molecule has 0 aliphatic heterocycles. The summed E-state index contributed by atoms with van der Waals surface area (Å²) in [5.74, 6) is -2.15. The van der Waals surface area contributed by atoms with Crippen LogP contribution in [0.4, 0.5) is 26.3 Å². The molecule has 3 nitrogen and oxygen atoms in total. The number of benzene rings is 3. The molecular weight excluding hydrogens is 484 g/mol. The van der Waals surface area contributed by atoms with E-state index >= 15 is 0 Å². The Morgan fingerprint density at radius 3 is 1.67 bits per heavy atom. The van der Waals surface area contributed by atoms with Gasteiger partial charge in [0, 0.05) is 6.54 Å². The molecule has 0 aliphatic carbocycles. The number of rotatable bonds is 7.